The van der Waals surface area contributed by atoms with Crippen LogP contribution in [0.25, 0.3) is 0 Å². The summed E-state index contributed by atoms with van der Waals surface area (Å²) in [4.78, 5) is 26.7. The molecule has 0 spiro atoms. The minimum Gasteiger partial charge on any atom is -0.268 e. The van der Waals surface area contributed by atoms with Crippen LogP contribution in [0.4, 0.5) is 5.69 Å². The minimum absolute atomic E-state index is 0.131. The maximum atomic E-state index is 11.6. The Morgan fingerprint density at radius 2 is 2.06 bits per heavy atom. The van der Waals surface area contributed by atoms with Crippen molar-refractivity contribution in [2.45, 2.75) is 26.4 Å². The van der Waals surface area contributed by atoms with Crippen LogP contribution in [-0.4, -0.2) is 16.4 Å². The number of amides is 1. The zero-order valence-corrected chi connectivity index (χ0v) is 9.89. The molecule has 0 fully saturated rings. The van der Waals surface area contributed by atoms with Crippen LogP contribution < -0.4 is 5.48 Å². The summed E-state index contributed by atoms with van der Waals surface area (Å²) >= 11 is 0. The van der Waals surface area contributed by atoms with Crippen LogP contribution in [0.1, 0.15) is 31.1 Å². The number of hydrogen-bond acceptors (Lipinski definition) is 4. The topological polar surface area (TPSA) is 81.5 Å². The molecule has 1 aromatic carbocycles. The smallest absolute Gasteiger partial charge is 0.268 e. The summed E-state index contributed by atoms with van der Waals surface area (Å²) in [5, 5.41) is 10.5. The third kappa shape index (κ3) is 4.20. The number of nitrogens with one attached hydrogen (secondary N) is 1. The Bertz CT molecular complexity index is 437. The number of nitrogens with zero attached hydrogens (tertiary/aromatic N) is 1. The predicted octanol–water partition coefficient (Wildman–Crippen LogP) is 2.05. The standard InChI is InChI=1S/C11H14N2O4/c1-11(2,3)17-12-10(14)8-5-4-6-9(7-8)13(15)16/h4-7H,1-3H3,(H,12,14). The lowest BCUT2D eigenvalue weighted by atomic mass is 10.2. The van der Waals surface area contributed by atoms with Gasteiger partial charge < -0.3 is 0 Å². The van der Waals surface area contributed by atoms with Crippen molar-refractivity contribution in [2.75, 3.05) is 0 Å². The molecule has 0 aliphatic heterocycles. The predicted molar refractivity (Wildman–Crippen MR) is 61.4 cm³/mol. The van der Waals surface area contributed by atoms with Crippen molar-refractivity contribution < 1.29 is 14.6 Å². The highest BCUT2D eigenvalue weighted by atomic mass is 16.7. The van der Waals surface area contributed by atoms with E-state index in [0.29, 0.717) is 0 Å². The highest BCUT2D eigenvalue weighted by Crippen LogP contribution is 2.13. The summed E-state index contributed by atoms with van der Waals surface area (Å²) in [5.41, 5.74) is 1.78. The lowest BCUT2D eigenvalue weighted by molar-refractivity contribution is -0.384. The molecule has 1 amide bonds. The Kier molecular flexibility index (Phi) is 3.80. The molecule has 0 saturated carbocycles. The van der Waals surface area contributed by atoms with Crippen LogP contribution in [0.5, 0.6) is 0 Å². The summed E-state index contributed by atoms with van der Waals surface area (Å²) in [6, 6.07) is 5.45. The highest BCUT2D eigenvalue weighted by molar-refractivity contribution is 5.94. The second-order valence-electron chi connectivity index (χ2n) is 4.45. The third-order valence-electron chi connectivity index (χ3n) is 1.77. The summed E-state index contributed by atoms with van der Waals surface area (Å²) < 4.78 is 0. The molecular formula is C11H14N2O4. The number of hydroxylamine groups is 1. The summed E-state index contributed by atoms with van der Waals surface area (Å²) in [6.45, 7) is 5.34. The Labute approximate surface area is 98.7 Å². The third-order valence-corrected chi connectivity index (χ3v) is 1.77. The van der Waals surface area contributed by atoms with Crippen LogP contribution >= 0.6 is 0 Å². The molecule has 0 aliphatic rings. The number of carbonyl (C=O) groups is 1. The molecule has 1 aromatic rings. The Morgan fingerprint density at radius 1 is 1.41 bits per heavy atom. The quantitative estimate of drug-likeness (QED) is 0.645. The fraction of sp³-hybridized carbons (Fsp3) is 0.364. The summed E-state index contributed by atoms with van der Waals surface area (Å²) in [6.07, 6.45) is 0. The van der Waals surface area contributed by atoms with Crippen molar-refractivity contribution in [3.8, 4) is 0 Å². The Morgan fingerprint density at radius 3 is 2.59 bits per heavy atom. The first-order valence-corrected chi connectivity index (χ1v) is 5.02. The van der Waals surface area contributed by atoms with E-state index in [9.17, 15) is 14.9 Å². The Hall–Kier alpha value is -1.95. The van der Waals surface area contributed by atoms with E-state index in [2.05, 4.69) is 5.48 Å². The van der Waals surface area contributed by atoms with Crippen molar-refractivity contribution >= 4 is 11.6 Å². The zero-order valence-electron chi connectivity index (χ0n) is 9.89. The van der Waals surface area contributed by atoms with E-state index in [1.54, 1.807) is 20.8 Å². The molecule has 0 atom stereocenters. The first kappa shape index (κ1) is 13.1. The van der Waals surface area contributed by atoms with Gasteiger partial charge in [0.05, 0.1) is 10.5 Å². The van der Waals surface area contributed by atoms with Gasteiger partial charge in [-0.05, 0) is 26.8 Å². The van der Waals surface area contributed by atoms with Crippen molar-refractivity contribution in [3.63, 3.8) is 0 Å². The first-order valence-electron chi connectivity index (χ1n) is 5.02. The van der Waals surface area contributed by atoms with Crippen LogP contribution in [-0.2, 0) is 4.84 Å². The van der Waals surface area contributed by atoms with Gasteiger partial charge in [0.2, 0.25) is 0 Å². The number of hydrogen-bond donors (Lipinski definition) is 1. The number of nitro groups is 1. The molecular weight excluding hydrogens is 224 g/mol. The van der Waals surface area contributed by atoms with Crippen molar-refractivity contribution in [3.05, 3.63) is 39.9 Å². The summed E-state index contributed by atoms with van der Waals surface area (Å²) in [5.74, 6) is -0.511. The van der Waals surface area contributed by atoms with Gasteiger partial charge in [-0.3, -0.25) is 19.7 Å². The fourth-order valence-corrected chi connectivity index (χ4v) is 1.02. The van der Waals surface area contributed by atoms with E-state index < -0.39 is 16.4 Å². The number of non-ortho nitro benzene ring substituents is 1. The molecule has 92 valence electrons. The molecule has 1 N–H and O–H groups in total. The highest BCUT2D eigenvalue weighted by Gasteiger charge is 2.15. The van der Waals surface area contributed by atoms with E-state index in [1.807, 2.05) is 0 Å². The molecule has 0 aromatic heterocycles. The van der Waals surface area contributed by atoms with Gasteiger partial charge >= 0.3 is 0 Å². The molecule has 17 heavy (non-hydrogen) atoms. The molecule has 6 nitrogen and oxygen atoms in total. The van der Waals surface area contributed by atoms with Crippen LogP contribution in [0.2, 0.25) is 0 Å². The van der Waals surface area contributed by atoms with Crippen molar-refractivity contribution in [1.82, 2.24) is 5.48 Å². The number of rotatable bonds is 3. The van der Waals surface area contributed by atoms with E-state index in [0.717, 1.165) is 0 Å². The molecule has 1 rings (SSSR count). The molecule has 0 radical (unpaired) electrons. The molecule has 0 aliphatic carbocycles. The normalized spacial score (nSPS) is 11.0. The van der Waals surface area contributed by atoms with E-state index in [4.69, 9.17) is 4.84 Å². The van der Waals surface area contributed by atoms with Crippen LogP contribution in [0.15, 0.2) is 24.3 Å². The van der Waals surface area contributed by atoms with Crippen molar-refractivity contribution in [1.29, 1.82) is 0 Å². The second kappa shape index (κ2) is 4.92. The van der Waals surface area contributed by atoms with Gasteiger partial charge in [0.1, 0.15) is 0 Å². The van der Waals surface area contributed by atoms with E-state index in [1.165, 1.54) is 24.3 Å². The SMILES string of the molecule is CC(C)(C)ONC(=O)c1cccc([N+](=O)[O-])c1. The lowest BCUT2D eigenvalue weighted by Crippen LogP contribution is -2.33. The largest absolute Gasteiger partial charge is 0.275 e. The van der Waals surface area contributed by atoms with Crippen LogP contribution in [0.3, 0.4) is 0 Å². The Balaban J connectivity index is 2.76. The average Bonchev–Trinajstić information content (AvgIpc) is 2.25. The van der Waals surface area contributed by atoms with E-state index >= 15 is 0 Å². The number of nitro benzene ring substituents is 1. The molecule has 6 heteroatoms. The molecule has 0 bridgehead atoms. The van der Waals surface area contributed by atoms with Gasteiger partial charge in [-0.2, -0.15) is 0 Å². The second-order valence-corrected chi connectivity index (χ2v) is 4.45. The molecule has 0 saturated heterocycles. The monoisotopic (exact) mass is 238 g/mol. The molecule has 0 heterocycles. The van der Waals surface area contributed by atoms with E-state index in [-0.39, 0.29) is 11.3 Å². The van der Waals surface area contributed by atoms with Gasteiger partial charge in [-0.25, -0.2) is 5.48 Å². The fourth-order valence-electron chi connectivity index (χ4n) is 1.02. The maximum absolute atomic E-state index is 11.6. The summed E-state index contributed by atoms with van der Waals surface area (Å²) in [7, 11) is 0. The minimum atomic E-state index is -0.554. The average molecular weight is 238 g/mol. The first-order chi connectivity index (χ1) is 7.79. The van der Waals surface area contributed by atoms with Gasteiger partial charge in [0.25, 0.3) is 11.6 Å². The number of carbonyl (C=O) groups excluding carboxylic acids is 1. The molecule has 0 unspecified atom stereocenters. The van der Waals surface area contributed by atoms with Gasteiger partial charge in [0, 0.05) is 17.7 Å². The van der Waals surface area contributed by atoms with Crippen LogP contribution in [0, 0.1) is 10.1 Å². The van der Waals surface area contributed by atoms with Gasteiger partial charge in [-0.15, -0.1) is 0 Å². The zero-order chi connectivity index (χ0) is 13.1. The van der Waals surface area contributed by atoms with Crippen molar-refractivity contribution in [2.24, 2.45) is 0 Å². The van der Waals surface area contributed by atoms with Gasteiger partial charge in [-0.1, -0.05) is 6.07 Å². The number of benzene rings is 1. The maximum Gasteiger partial charge on any atom is 0.275 e. The van der Waals surface area contributed by atoms with Gasteiger partial charge in [0.15, 0.2) is 0 Å². The lowest BCUT2D eigenvalue weighted by Gasteiger charge is -2.18.